The van der Waals surface area contributed by atoms with Crippen LogP contribution in [0.25, 0.3) is 0 Å². The van der Waals surface area contributed by atoms with E-state index in [-0.39, 0.29) is 23.3 Å². The molecule has 2 heterocycles. The minimum absolute atomic E-state index is 0.280. The van der Waals surface area contributed by atoms with E-state index in [0.29, 0.717) is 51.1 Å². The van der Waals surface area contributed by atoms with Gasteiger partial charge in [-0.1, -0.05) is 117 Å². The SMILES string of the molecule is CC(C)(c1ccc(Oc2ccc3c(c2)C(=O)N(c2ccccc2)C3=O)cc1)c1ccc(Oc2ccc3c(c2)C(=O)N(c2cccc([P+](c4ccccc4)(c4ccccc4)c4ccccc4)c2)C3=O)cc1. The van der Waals surface area contributed by atoms with Crippen molar-refractivity contribution in [1.82, 2.24) is 0 Å². The van der Waals surface area contributed by atoms with Gasteiger partial charge in [0.15, 0.2) is 0 Å². The van der Waals surface area contributed by atoms with E-state index in [4.69, 9.17) is 9.47 Å². The van der Waals surface area contributed by atoms with Gasteiger partial charge in [0.1, 0.15) is 51.5 Å². The van der Waals surface area contributed by atoms with Gasteiger partial charge >= 0.3 is 0 Å². The highest BCUT2D eigenvalue weighted by molar-refractivity contribution is 8.01. The number of hydrogen-bond donors (Lipinski definition) is 0. The molecule has 0 N–H and O–H groups in total. The molecule has 0 aliphatic carbocycles. The fourth-order valence-electron chi connectivity index (χ4n) is 9.62. The molecule has 70 heavy (non-hydrogen) atoms. The standard InChI is InChI=1S/C61H44N2O6P/c1-61(2,41-26-30-45(31-27-41)68-47-34-36-53-55(39-47)59(66)62(57(53)64)43-16-7-3-8-17-43)42-28-32-46(33-29-42)69-48-35-37-54-56(40-48)60(67)63(58(54)65)44-18-15-25-52(38-44)70(49-19-9-4-10-20-49,50-21-11-5-12-22-50)51-23-13-6-14-24-51/h3-40H,1-2H3/q+1. The third kappa shape index (κ3) is 7.56. The number of imide groups is 2. The maximum Gasteiger partial charge on any atom is 0.266 e. The number of benzene rings is 9. The maximum absolute atomic E-state index is 14.3. The Kier molecular flexibility index (Phi) is 11.1. The highest BCUT2D eigenvalue weighted by Gasteiger charge is 2.49. The fourth-order valence-corrected chi connectivity index (χ4v) is 13.9. The van der Waals surface area contributed by atoms with Crippen molar-refractivity contribution in [3.05, 3.63) is 264 Å². The molecule has 11 rings (SSSR count). The Hall–Kier alpha value is -8.71. The zero-order valence-corrected chi connectivity index (χ0v) is 39.1. The van der Waals surface area contributed by atoms with Gasteiger partial charge in [0, 0.05) is 11.5 Å². The first-order valence-corrected chi connectivity index (χ1v) is 24.7. The predicted molar refractivity (Wildman–Crippen MR) is 278 cm³/mol. The number of hydrogen-bond acceptors (Lipinski definition) is 6. The van der Waals surface area contributed by atoms with Crippen LogP contribution in [0.4, 0.5) is 11.4 Å². The maximum atomic E-state index is 14.3. The average molecular weight is 932 g/mol. The summed E-state index contributed by atoms with van der Waals surface area (Å²) in [5, 5.41) is 4.51. The first kappa shape index (κ1) is 43.8. The zero-order valence-electron chi connectivity index (χ0n) is 38.2. The number of amides is 4. The Morgan fingerprint density at radius 3 is 1.10 bits per heavy atom. The van der Waals surface area contributed by atoms with Crippen molar-refractivity contribution in [3.8, 4) is 23.0 Å². The summed E-state index contributed by atoms with van der Waals surface area (Å²) in [5.41, 5.74) is 3.96. The van der Waals surface area contributed by atoms with E-state index >= 15 is 0 Å². The molecule has 0 aromatic heterocycles. The van der Waals surface area contributed by atoms with E-state index in [0.717, 1.165) is 32.3 Å². The van der Waals surface area contributed by atoms with Crippen LogP contribution in [-0.2, 0) is 5.41 Å². The van der Waals surface area contributed by atoms with Crippen molar-refractivity contribution in [2.45, 2.75) is 19.3 Å². The van der Waals surface area contributed by atoms with Crippen LogP contribution in [0.2, 0.25) is 0 Å². The summed E-state index contributed by atoms with van der Waals surface area (Å²) in [7, 11) is -2.48. The summed E-state index contributed by atoms with van der Waals surface area (Å²) in [6, 6.07) is 73.8. The lowest BCUT2D eigenvalue weighted by molar-refractivity contribution is 0.0910. The van der Waals surface area contributed by atoms with Crippen LogP contribution in [0.1, 0.15) is 66.4 Å². The summed E-state index contributed by atoms with van der Waals surface area (Å²) in [4.78, 5) is 57.3. The van der Waals surface area contributed by atoms with E-state index in [9.17, 15) is 19.2 Å². The Morgan fingerprint density at radius 1 is 0.329 bits per heavy atom. The fraction of sp³-hybridized carbons (Fsp3) is 0.0492. The first-order valence-electron chi connectivity index (χ1n) is 23.0. The molecule has 0 unspecified atom stereocenters. The monoisotopic (exact) mass is 931 g/mol. The van der Waals surface area contributed by atoms with Crippen LogP contribution in [0.3, 0.4) is 0 Å². The van der Waals surface area contributed by atoms with Crippen molar-refractivity contribution in [2.24, 2.45) is 0 Å². The van der Waals surface area contributed by atoms with Crippen LogP contribution < -0.4 is 40.5 Å². The van der Waals surface area contributed by atoms with Crippen LogP contribution >= 0.6 is 7.26 Å². The first-order chi connectivity index (χ1) is 34.1. The summed E-state index contributed by atoms with van der Waals surface area (Å²) in [6.45, 7) is 4.27. The quantitative estimate of drug-likeness (QED) is 0.0895. The molecule has 4 amide bonds. The molecule has 0 saturated carbocycles. The molecule has 9 heteroatoms. The molecule has 9 aromatic rings. The summed E-state index contributed by atoms with van der Waals surface area (Å²) in [5.74, 6) is 0.518. The van der Waals surface area contributed by atoms with E-state index in [1.165, 1.54) is 9.80 Å². The normalized spacial score (nSPS) is 13.3. The van der Waals surface area contributed by atoms with E-state index in [1.807, 2.05) is 91.0 Å². The molecule has 338 valence electrons. The lowest BCUT2D eigenvalue weighted by atomic mass is 9.78. The van der Waals surface area contributed by atoms with Gasteiger partial charge in [0.25, 0.3) is 23.6 Å². The van der Waals surface area contributed by atoms with Crippen LogP contribution in [0.5, 0.6) is 23.0 Å². The van der Waals surface area contributed by atoms with Gasteiger partial charge in [0.05, 0.1) is 33.6 Å². The van der Waals surface area contributed by atoms with Gasteiger partial charge < -0.3 is 9.47 Å². The Morgan fingerprint density at radius 2 is 0.671 bits per heavy atom. The molecular formula is C61H44N2O6P+. The number of carbonyl (C=O) groups excluding carboxylic acids is 4. The van der Waals surface area contributed by atoms with Crippen LogP contribution in [0, 0.1) is 0 Å². The van der Waals surface area contributed by atoms with Crippen molar-refractivity contribution in [2.75, 3.05) is 9.80 Å². The van der Waals surface area contributed by atoms with Gasteiger partial charge in [-0.2, -0.15) is 0 Å². The van der Waals surface area contributed by atoms with Gasteiger partial charge in [-0.25, -0.2) is 9.80 Å². The Labute approximate surface area is 406 Å². The number of ether oxygens (including phenoxy) is 2. The zero-order chi connectivity index (χ0) is 48.0. The molecule has 0 atom stereocenters. The van der Waals surface area contributed by atoms with E-state index < -0.39 is 18.6 Å². The van der Waals surface area contributed by atoms with Crippen LogP contribution in [-0.4, -0.2) is 23.6 Å². The second-order valence-corrected chi connectivity index (χ2v) is 21.1. The number of anilines is 2. The summed E-state index contributed by atoms with van der Waals surface area (Å²) < 4.78 is 12.5. The highest BCUT2D eigenvalue weighted by Crippen LogP contribution is 2.54. The highest BCUT2D eigenvalue weighted by atomic mass is 31.2. The molecule has 0 bridgehead atoms. The third-order valence-corrected chi connectivity index (χ3v) is 17.5. The second-order valence-electron chi connectivity index (χ2n) is 17.7. The van der Waals surface area contributed by atoms with Gasteiger partial charge in [-0.15, -0.1) is 0 Å². The van der Waals surface area contributed by atoms with Crippen LogP contribution in [0.15, 0.2) is 231 Å². The second kappa shape index (κ2) is 17.7. The molecule has 0 radical (unpaired) electrons. The average Bonchev–Trinajstić information content (AvgIpc) is 3.80. The van der Waals surface area contributed by atoms with Gasteiger partial charge in [0.2, 0.25) is 0 Å². The Balaban J connectivity index is 0.798. The minimum atomic E-state index is -2.48. The largest absolute Gasteiger partial charge is 0.457 e. The van der Waals surface area contributed by atoms with Crippen molar-refractivity contribution in [3.63, 3.8) is 0 Å². The smallest absolute Gasteiger partial charge is 0.266 e. The van der Waals surface area contributed by atoms with Gasteiger partial charge in [-0.05, 0) is 132 Å². The minimum Gasteiger partial charge on any atom is -0.457 e. The van der Waals surface area contributed by atoms with Crippen molar-refractivity contribution in [1.29, 1.82) is 0 Å². The van der Waals surface area contributed by atoms with Crippen molar-refractivity contribution >= 4 is 63.5 Å². The number of rotatable bonds is 12. The summed E-state index contributed by atoms with van der Waals surface area (Å²) in [6.07, 6.45) is 0. The number of para-hydroxylation sites is 1. The molecule has 9 aromatic carbocycles. The lowest BCUT2D eigenvalue weighted by Crippen LogP contribution is -2.39. The summed E-state index contributed by atoms with van der Waals surface area (Å²) >= 11 is 0. The third-order valence-electron chi connectivity index (χ3n) is 13.3. The number of carbonyl (C=O) groups is 4. The predicted octanol–water partition coefficient (Wildman–Crippen LogP) is 11.8. The van der Waals surface area contributed by atoms with Crippen molar-refractivity contribution < 1.29 is 28.7 Å². The molecular weight excluding hydrogens is 888 g/mol. The van der Waals surface area contributed by atoms with Gasteiger partial charge in [-0.3, -0.25) is 19.2 Å². The number of nitrogens with zero attached hydrogens (tertiary/aromatic N) is 2. The molecule has 8 nitrogen and oxygen atoms in total. The Bertz CT molecular complexity index is 3380. The number of fused-ring (bicyclic) bond motifs is 2. The molecule has 0 spiro atoms. The molecule has 0 saturated heterocycles. The topological polar surface area (TPSA) is 93.2 Å². The van der Waals surface area contributed by atoms with E-state index in [2.05, 4.69) is 92.7 Å². The lowest BCUT2D eigenvalue weighted by Gasteiger charge is -2.28. The van der Waals surface area contributed by atoms with E-state index in [1.54, 1.807) is 60.7 Å². The molecule has 0 fully saturated rings. The molecule has 2 aliphatic rings. The molecule has 2 aliphatic heterocycles.